The van der Waals surface area contributed by atoms with Crippen LogP contribution in [0, 0.1) is 6.92 Å². The molecule has 0 amide bonds. The Labute approximate surface area is 152 Å². The van der Waals surface area contributed by atoms with Gasteiger partial charge in [-0.1, -0.05) is 24.3 Å². The van der Waals surface area contributed by atoms with Crippen LogP contribution in [0.1, 0.15) is 11.1 Å². The molecule has 2 N–H and O–H groups in total. The maximum atomic E-state index is 9.42. The summed E-state index contributed by atoms with van der Waals surface area (Å²) >= 11 is 0. The third kappa shape index (κ3) is 2.95. The number of hydrogen-bond donors (Lipinski definition) is 2. The SMILES string of the molecule is COc1ccc2nc3cc(C)ccc3c(Nc3cccc(CO)c3)c2c1. The van der Waals surface area contributed by atoms with Gasteiger partial charge in [0.25, 0.3) is 0 Å². The van der Waals surface area contributed by atoms with E-state index < -0.39 is 0 Å². The van der Waals surface area contributed by atoms with E-state index in [-0.39, 0.29) is 6.61 Å². The Bertz CT molecular complexity index is 1110. The molecule has 1 heterocycles. The van der Waals surface area contributed by atoms with Gasteiger partial charge in [0.2, 0.25) is 0 Å². The molecule has 0 saturated carbocycles. The summed E-state index contributed by atoms with van der Waals surface area (Å²) < 4.78 is 5.41. The average Bonchev–Trinajstić information content (AvgIpc) is 2.67. The lowest BCUT2D eigenvalue weighted by Gasteiger charge is -2.15. The van der Waals surface area contributed by atoms with E-state index in [1.54, 1.807) is 7.11 Å². The molecule has 1 aromatic heterocycles. The first-order chi connectivity index (χ1) is 12.7. The Morgan fingerprint density at radius 2 is 1.85 bits per heavy atom. The molecule has 0 aliphatic heterocycles. The number of benzene rings is 3. The van der Waals surface area contributed by atoms with Gasteiger partial charge in [-0.3, -0.25) is 0 Å². The van der Waals surface area contributed by atoms with Crippen molar-refractivity contribution >= 4 is 33.2 Å². The summed E-state index contributed by atoms with van der Waals surface area (Å²) in [7, 11) is 1.66. The lowest BCUT2D eigenvalue weighted by molar-refractivity contribution is 0.282. The zero-order valence-electron chi connectivity index (χ0n) is 14.8. The molecule has 0 atom stereocenters. The molecular formula is C22H20N2O2. The molecule has 26 heavy (non-hydrogen) atoms. The molecule has 0 unspecified atom stereocenters. The first-order valence-corrected chi connectivity index (χ1v) is 8.53. The topological polar surface area (TPSA) is 54.4 Å². The summed E-state index contributed by atoms with van der Waals surface area (Å²) in [6.45, 7) is 2.08. The second-order valence-electron chi connectivity index (χ2n) is 6.37. The Balaban J connectivity index is 1.98. The van der Waals surface area contributed by atoms with Gasteiger partial charge < -0.3 is 15.2 Å². The molecule has 4 nitrogen and oxygen atoms in total. The Morgan fingerprint density at radius 1 is 0.962 bits per heavy atom. The van der Waals surface area contributed by atoms with E-state index in [2.05, 4.69) is 30.4 Å². The average molecular weight is 344 g/mol. The van der Waals surface area contributed by atoms with Crippen LogP contribution < -0.4 is 10.1 Å². The van der Waals surface area contributed by atoms with Crippen molar-refractivity contribution in [2.45, 2.75) is 13.5 Å². The highest BCUT2D eigenvalue weighted by atomic mass is 16.5. The minimum absolute atomic E-state index is 0.0143. The number of nitrogens with zero attached hydrogens (tertiary/aromatic N) is 1. The van der Waals surface area contributed by atoms with Gasteiger partial charge in [0, 0.05) is 16.5 Å². The van der Waals surface area contributed by atoms with E-state index in [1.807, 2.05) is 42.5 Å². The highest BCUT2D eigenvalue weighted by Gasteiger charge is 2.11. The number of pyridine rings is 1. The Kier molecular flexibility index (Phi) is 4.19. The number of methoxy groups -OCH3 is 1. The normalized spacial score (nSPS) is 11.0. The number of hydrogen-bond acceptors (Lipinski definition) is 4. The number of anilines is 2. The number of aliphatic hydroxyl groups excluding tert-OH is 1. The van der Waals surface area contributed by atoms with E-state index in [4.69, 9.17) is 9.72 Å². The van der Waals surface area contributed by atoms with E-state index in [0.717, 1.165) is 44.5 Å². The van der Waals surface area contributed by atoms with Gasteiger partial charge in [-0.25, -0.2) is 4.98 Å². The molecule has 3 aromatic carbocycles. The van der Waals surface area contributed by atoms with E-state index >= 15 is 0 Å². The van der Waals surface area contributed by atoms with E-state index in [0.29, 0.717) is 0 Å². The van der Waals surface area contributed by atoms with Crippen molar-refractivity contribution in [1.29, 1.82) is 0 Å². The standard InChI is InChI=1S/C22H20N2O2/c1-14-6-8-18-21(10-14)24-20-9-7-17(26-2)12-19(20)22(18)23-16-5-3-4-15(11-16)13-25/h3-12,25H,13H2,1-2H3,(H,23,24). The molecule has 130 valence electrons. The third-order valence-electron chi connectivity index (χ3n) is 4.52. The van der Waals surface area contributed by atoms with Crippen LogP contribution in [-0.4, -0.2) is 17.2 Å². The predicted molar refractivity (Wildman–Crippen MR) is 106 cm³/mol. The van der Waals surface area contributed by atoms with Crippen LogP contribution in [0.3, 0.4) is 0 Å². The number of aromatic nitrogens is 1. The van der Waals surface area contributed by atoms with Crippen LogP contribution in [0.4, 0.5) is 11.4 Å². The molecule has 4 rings (SSSR count). The second kappa shape index (κ2) is 6.65. The molecule has 4 heteroatoms. The summed E-state index contributed by atoms with van der Waals surface area (Å²) in [5.41, 5.74) is 5.80. The fourth-order valence-corrected chi connectivity index (χ4v) is 3.19. The lowest BCUT2D eigenvalue weighted by Crippen LogP contribution is -1.97. The summed E-state index contributed by atoms with van der Waals surface area (Å²) in [6.07, 6.45) is 0. The minimum Gasteiger partial charge on any atom is -0.497 e. The zero-order valence-corrected chi connectivity index (χ0v) is 14.8. The van der Waals surface area contributed by atoms with Crippen molar-refractivity contribution in [3.05, 3.63) is 71.8 Å². The van der Waals surface area contributed by atoms with Gasteiger partial charge in [-0.05, 0) is 54.4 Å². The van der Waals surface area contributed by atoms with Gasteiger partial charge in [-0.2, -0.15) is 0 Å². The van der Waals surface area contributed by atoms with Crippen LogP contribution in [0.25, 0.3) is 21.8 Å². The van der Waals surface area contributed by atoms with Crippen LogP contribution in [0.15, 0.2) is 60.7 Å². The summed E-state index contributed by atoms with van der Waals surface area (Å²) in [5, 5.41) is 15.0. The fourth-order valence-electron chi connectivity index (χ4n) is 3.19. The maximum absolute atomic E-state index is 9.42. The smallest absolute Gasteiger partial charge is 0.119 e. The first kappa shape index (κ1) is 16.4. The molecule has 0 aliphatic carbocycles. The van der Waals surface area contributed by atoms with Crippen LogP contribution >= 0.6 is 0 Å². The molecule has 4 aromatic rings. The number of aliphatic hydroxyl groups is 1. The highest BCUT2D eigenvalue weighted by Crippen LogP contribution is 2.35. The predicted octanol–water partition coefficient (Wildman–Crippen LogP) is 4.94. The van der Waals surface area contributed by atoms with E-state index in [9.17, 15) is 5.11 Å². The summed E-state index contributed by atoms with van der Waals surface area (Å²) in [4.78, 5) is 4.81. The second-order valence-corrected chi connectivity index (χ2v) is 6.37. The van der Waals surface area contributed by atoms with Gasteiger partial charge >= 0.3 is 0 Å². The molecule has 0 fully saturated rings. The number of ether oxygens (including phenoxy) is 1. The lowest BCUT2D eigenvalue weighted by atomic mass is 10.1. The van der Waals surface area contributed by atoms with Crippen molar-refractivity contribution in [3.63, 3.8) is 0 Å². The highest BCUT2D eigenvalue weighted by molar-refractivity contribution is 6.09. The van der Waals surface area contributed by atoms with Crippen molar-refractivity contribution in [2.75, 3.05) is 12.4 Å². The number of nitrogens with one attached hydrogen (secondary N) is 1. The molecule has 0 spiro atoms. The van der Waals surface area contributed by atoms with Gasteiger partial charge in [0.15, 0.2) is 0 Å². The molecular weight excluding hydrogens is 324 g/mol. The fraction of sp³-hybridized carbons (Fsp3) is 0.136. The third-order valence-corrected chi connectivity index (χ3v) is 4.52. The summed E-state index contributed by atoms with van der Waals surface area (Å²) in [5.74, 6) is 0.790. The number of rotatable bonds is 4. The molecule has 0 aliphatic rings. The van der Waals surface area contributed by atoms with Gasteiger partial charge in [0.05, 0.1) is 30.4 Å². The van der Waals surface area contributed by atoms with E-state index in [1.165, 1.54) is 5.56 Å². The van der Waals surface area contributed by atoms with Crippen molar-refractivity contribution < 1.29 is 9.84 Å². The van der Waals surface area contributed by atoms with Crippen molar-refractivity contribution in [3.8, 4) is 5.75 Å². The Hall–Kier alpha value is -3.11. The first-order valence-electron chi connectivity index (χ1n) is 8.53. The maximum Gasteiger partial charge on any atom is 0.119 e. The number of aryl methyl sites for hydroxylation is 1. The van der Waals surface area contributed by atoms with Crippen molar-refractivity contribution in [1.82, 2.24) is 4.98 Å². The molecule has 0 radical (unpaired) electrons. The van der Waals surface area contributed by atoms with Crippen LogP contribution in [0.2, 0.25) is 0 Å². The largest absolute Gasteiger partial charge is 0.497 e. The van der Waals surface area contributed by atoms with Gasteiger partial charge in [-0.15, -0.1) is 0 Å². The quantitative estimate of drug-likeness (QED) is 0.515. The molecule has 0 bridgehead atoms. The monoisotopic (exact) mass is 344 g/mol. The minimum atomic E-state index is 0.0143. The molecule has 0 saturated heterocycles. The van der Waals surface area contributed by atoms with Crippen molar-refractivity contribution in [2.24, 2.45) is 0 Å². The van der Waals surface area contributed by atoms with Crippen LogP contribution in [-0.2, 0) is 6.61 Å². The number of fused-ring (bicyclic) bond motifs is 2. The van der Waals surface area contributed by atoms with Gasteiger partial charge in [0.1, 0.15) is 5.75 Å². The van der Waals surface area contributed by atoms with Crippen LogP contribution in [0.5, 0.6) is 5.75 Å². The summed E-state index contributed by atoms with van der Waals surface area (Å²) in [6, 6.07) is 20.0. The Morgan fingerprint density at radius 3 is 2.65 bits per heavy atom. The zero-order chi connectivity index (χ0) is 18.1.